The van der Waals surface area contributed by atoms with Crippen LogP contribution in [0.25, 0.3) is 0 Å². The molecule has 0 amide bonds. The third kappa shape index (κ3) is 5.22. The van der Waals surface area contributed by atoms with Gasteiger partial charge in [0.25, 0.3) is 0 Å². The molecule has 0 aliphatic rings. The predicted octanol–water partition coefficient (Wildman–Crippen LogP) is 3.41. The zero-order valence-corrected chi connectivity index (χ0v) is 15.5. The average molecular weight is 341 g/mol. The SMILES string of the molecule is CCNCCN(C)C(=NC)c1ccc(OC)cc1Oc1ccccc1. The number of hydrogen-bond acceptors (Lipinski definition) is 4. The molecule has 0 fully saturated rings. The Bertz CT molecular complexity index is 687. The van der Waals surface area contributed by atoms with Gasteiger partial charge in [0.05, 0.1) is 12.7 Å². The van der Waals surface area contributed by atoms with E-state index in [1.54, 1.807) is 14.2 Å². The Morgan fingerprint density at radius 3 is 2.52 bits per heavy atom. The number of rotatable bonds is 8. The van der Waals surface area contributed by atoms with Crippen LogP contribution in [0.4, 0.5) is 0 Å². The van der Waals surface area contributed by atoms with Gasteiger partial charge in [-0.1, -0.05) is 25.1 Å². The number of hydrogen-bond donors (Lipinski definition) is 1. The van der Waals surface area contributed by atoms with E-state index in [4.69, 9.17) is 9.47 Å². The lowest BCUT2D eigenvalue weighted by Gasteiger charge is -2.23. The summed E-state index contributed by atoms with van der Waals surface area (Å²) in [5.41, 5.74) is 0.936. The van der Waals surface area contributed by atoms with Crippen LogP contribution in [0.15, 0.2) is 53.5 Å². The number of nitrogens with zero attached hydrogens (tertiary/aromatic N) is 2. The van der Waals surface area contributed by atoms with Crippen molar-refractivity contribution in [1.82, 2.24) is 10.2 Å². The van der Waals surface area contributed by atoms with Crippen molar-refractivity contribution in [3.8, 4) is 17.2 Å². The number of nitrogens with one attached hydrogen (secondary N) is 1. The van der Waals surface area contributed by atoms with E-state index >= 15 is 0 Å². The molecule has 0 heterocycles. The van der Waals surface area contributed by atoms with Gasteiger partial charge in [-0.25, -0.2) is 0 Å². The monoisotopic (exact) mass is 341 g/mol. The van der Waals surface area contributed by atoms with Gasteiger partial charge in [-0.3, -0.25) is 4.99 Å². The Kier molecular flexibility index (Phi) is 7.29. The summed E-state index contributed by atoms with van der Waals surface area (Å²) < 4.78 is 11.5. The van der Waals surface area contributed by atoms with Crippen LogP contribution in [0.3, 0.4) is 0 Å². The van der Waals surface area contributed by atoms with Crippen LogP contribution in [0.1, 0.15) is 12.5 Å². The fraction of sp³-hybridized carbons (Fsp3) is 0.350. The Labute approximate surface area is 150 Å². The average Bonchev–Trinajstić information content (AvgIpc) is 2.64. The van der Waals surface area contributed by atoms with Crippen molar-refractivity contribution >= 4 is 5.84 Å². The maximum atomic E-state index is 6.11. The predicted molar refractivity (Wildman–Crippen MR) is 103 cm³/mol. The summed E-state index contributed by atoms with van der Waals surface area (Å²) in [6.07, 6.45) is 0. The minimum absolute atomic E-state index is 0.724. The molecule has 0 atom stereocenters. The summed E-state index contributed by atoms with van der Waals surface area (Å²) in [5, 5.41) is 3.33. The molecule has 0 spiro atoms. The normalized spacial score (nSPS) is 11.3. The molecule has 0 unspecified atom stereocenters. The zero-order valence-electron chi connectivity index (χ0n) is 15.5. The first-order valence-corrected chi connectivity index (χ1v) is 8.49. The van der Waals surface area contributed by atoms with Gasteiger partial charge in [-0.2, -0.15) is 0 Å². The van der Waals surface area contributed by atoms with E-state index in [9.17, 15) is 0 Å². The van der Waals surface area contributed by atoms with E-state index in [1.807, 2.05) is 55.6 Å². The molecule has 2 aromatic carbocycles. The summed E-state index contributed by atoms with van der Waals surface area (Å²) in [5.74, 6) is 3.14. The lowest BCUT2D eigenvalue weighted by atomic mass is 10.1. The van der Waals surface area contributed by atoms with E-state index in [1.165, 1.54) is 0 Å². The Morgan fingerprint density at radius 2 is 1.88 bits per heavy atom. The number of benzene rings is 2. The third-order valence-electron chi connectivity index (χ3n) is 3.85. The van der Waals surface area contributed by atoms with Crippen LogP contribution in [0.2, 0.25) is 0 Å². The Morgan fingerprint density at radius 1 is 1.12 bits per heavy atom. The highest BCUT2D eigenvalue weighted by atomic mass is 16.5. The molecule has 134 valence electrons. The molecule has 5 heteroatoms. The largest absolute Gasteiger partial charge is 0.497 e. The molecule has 2 rings (SSSR count). The fourth-order valence-corrected chi connectivity index (χ4v) is 2.54. The maximum Gasteiger partial charge on any atom is 0.142 e. The van der Waals surface area contributed by atoms with Gasteiger partial charge in [-0.15, -0.1) is 0 Å². The quantitative estimate of drug-likeness (QED) is 0.454. The molecule has 0 saturated carbocycles. The molecule has 0 bridgehead atoms. The Balaban J connectivity index is 2.31. The van der Waals surface area contributed by atoms with E-state index in [0.717, 1.165) is 48.3 Å². The summed E-state index contributed by atoms with van der Waals surface area (Å²) in [4.78, 5) is 6.62. The van der Waals surface area contributed by atoms with Crippen LogP contribution in [0.5, 0.6) is 17.2 Å². The molecule has 0 aliphatic heterocycles. The number of aliphatic imine (C=N–C) groups is 1. The van der Waals surface area contributed by atoms with Crippen LogP contribution in [-0.2, 0) is 0 Å². The molecule has 0 aromatic heterocycles. The van der Waals surface area contributed by atoms with E-state index in [0.29, 0.717) is 0 Å². The lowest BCUT2D eigenvalue weighted by molar-refractivity contribution is 0.408. The van der Waals surface area contributed by atoms with E-state index in [-0.39, 0.29) is 0 Å². The maximum absolute atomic E-state index is 6.11. The highest BCUT2D eigenvalue weighted by Crippen LogP contribution is 2.30. The first-order chi connectivity index (χ1) is 12.2. The molecule has 0 saturated heterocycles. The van der Waals surface area contributed by atoms with Gasteiger partial charge < -0.3 is 19.7 Å². The Hall–Kier alpha value is -2.53. The number of methoxy groups -OCH3 is 1. The van der Waals surface area contributed by atoms with Crippen LogP contribution in [-0.4, -0.2) is 51.6 Å². The van der Waals surface area contributed by atoms with Gasteiger partial charge in [0, 0.05) is 33.3 Å². The highest BCUT2D eigenvalue weighted by Gasteiger charge is 2.16. The van der Waals surface area contributed by atoms with Gasteiger partial charge in [0.1, 0.15) is 23.1 Å². The molecular weight excluding hydrogens is 314 g/mol. The fourth-order valence-electron chi connectivity index (χ4n) is 2.54. The summed E-state index contributed by atoms with van der Waals surface area (Å²) in [7, 11) is 5.49. The van der Waals surface area contributed by atoms with Crippen molar-refractivity contribution < 1.29 is 9.47 Å². The second-order valence-corrected chi connectivity index (χ2v) is 5.60. The van der Waals surface area contributed by atoms with Crippen molar-refractivity contribution in [2.45, 2.75) is 6.92 Å². The van der Waals surface area contributed by atoms with Crippen molar-refractivity contribution in [2.24, 2.45) is 4.99 Å². The molecule has 2 aromatic rings. The second-order valence-electron chi connectivity index (χ2n) is 5.60. The summed E-state index contributed by atoms with van der Waals surface area (Å²) >= 11 is 0. The van der Waals surface area contributed by atoms with Gasteiger partial charge in [0.2, 0.25) is 0 Å². The standard InChI is InChI=1S/C20H27N3O2/c1-5-22-13-14-23(3)20(21-2)18-12-11-17(24-4)15-19(18)25-16-9-7-6-8-10-16/h6-12,15,22H,5,13-14H2,1-4H3. The lowest BCUT2D eigenvalue weighted by Crippen LogP contribution is -2.34. The summed E-state index contributed by atoms with van der Waals surface area (Å²) in [6, 6.07) is 15.5. The minimum Gasteiger partial charge on any atom is -0.497 e. The molecule has 0 radical (unpaired) electrons. The van der Waals surface area contributed by atoms with E-state index < -0.39 is 0 Å². The van der Waals surface area contributed by atoms with E-state index in [2.05, 4.69) is 22.1 Å². The van der Waals surface area contributed by atoms with Crippen molar-refractivity contribution in [1.29, 1.82) is 0 Å². The highest BCUT2D eigenvalue weighted by molar-refractivity contribution is 6.01. The first-order valence-electron chi connectivity index (χ1n) is 8.49. The van der Waals surface area contributed by atoms with Crippen LogP contribution in [0, 0.1) is 0 Å². The minimum atomic E-state index is 0.724. The first kappa shape index (κ1) is 18.8. The molecule has 5 nitrogen and oxygen atoms in total. The topological polar surface area (TPSA) is 46.1 Å². The molecule has 0 aliphatic carbocycles. The molecule has 1 N–H and O–H groups in total. The number of likely N-dealkylation sites (N-methyl/N-ethyl adjacent to an activating group) is 2. The molecule has 25 heavy (non-hydrogen) atoms. The van der Waals surface area contributed by atoms with Crippen molar-refractivity contribution in [3.05, 3.63) is 54.1 Å². The number of para-hydroxylation sites is 1. The van der Waals surface area contributed by atoms with Crippen molar-refractivity contribution in [3.63, 3.8) is 0 Å². The van der Waals surface area contributed by atoms with Gasteiger partial charge in [0.15, 0.2) is 0 Å². The van der Waals surface area contributed by atoms with Crippen LogP contribution >= 0.6 is 0 Å². The smallest absolute Gasteiger partial charge is 0.142 e. The third-order valence-corrected chi connectivity index (χ3v) is 3.85. The second kappa shape index (κ2) is 9.69. The molecular formula is C20H27N3O2. The number of ether oxygens (including phenoxy) is 2. The van der Waals surface area contributed by atoms with Gasteiger partial charge >= 0.3 is 0 Å². The zero-order chi connectivity index (χ0) is 18.1. The van der Waals surface area contributed by atoms with Crippen LogP contribution < -0.4 is 14.8 Å². The number of amidine groups is 1. The van der Waals surface area contributed by atoms with Crippen molar-refractivity contribution in [2.75, 3.05) is 40.8 Å². The summed E-state index contributed by atoms with van der Waals surface area (Å²) in [6.45, 7) is 4.82. The van der Waals surface area contributed by atoms with Gasteiger partial charge in [-0.05, 0) is 30.8 Å².